The fourth-order valence-electron chi connectivity index (χ4n) is 1.53. The highest BCUT2D eigenvalue weighted by Crippen LogP contribution is 2.29. The van der Waals surface area contributed by atoms with E-state index < -0.39 is 5.82 Å². The van der Waals surface area contributed by atoms with Gasteiger partial charge < -0.3 is 10.1 Å². The molecule has 0 saturated heterocycles. The summed E-state index contributed by atoms with van der Waals surface area (Å²) in [7, 11) is 1.45. The van der Waals surface area contributed by atoms with E-state index in [2.05, 4.69) is 5.32 Å². The minimum Gasteiger partial charge on any atom is -0.497 e. The highest BCUT2D eigenvalue weighted by molar-refractivity contribution is 6.03. The quantitative estimate of drug-likeness (QED) is 0.743. The molecule has 1 N–H and O–H groups in total. The first-order chi connectivity index (χ1) is 6.72. The van der Waals surface area contributed by atoms with E-state index in [0.717, 1.165) is 0 Å². The maximum Gasteiger partial charge on any atom is 0.166 e. The Morgan fingerprint density at radius 1 is 1.50 bits per heavy atom. The van der Waals surface area contributed by atoms with E-state index in [1.807, 2.05) is 0 Å². The molecule has 0 aliphatic carbocycles. The van der Waals surface area contributed by atoms with Crippen LogP contribution >= 0.6 is 0 Å². The lowest BCUT2D eigenvalue weighted by Gasteiger charge is -2.18. The highest BCUT2D eigenvalue weighted by Gasteiger charge is 2.21. The topological polar surface area (TPSA) is 38.3 Å². The van der Waals surface area contributed by atoms with E-state index in [9.17, 15) is 9.18 Å². The predicted octanol–water partition coefficient (Wildman–Crippen LogP) is 1.83. The molecule has 14 heavy (non-hydrogen) atoms. The van der Waals surface area contributed by atoms with Gasteiger partial charge in [0.1, 0.15) is 5.75 Å². The lowest BCUT2D eigenvalue weighted by Crippen LogP contribution is -2.19. The smallest absolute Gasteiger partial charge is 0.166 e. The van der Waals surface area contributed by atoms with Crippen LogP contribution in [0, 0.1) is 5.82 Å². The van der Waals surface area contributed by atoms with Gasteiger partial charge in [-0.1, -0.05) is 0 Å². The number of benzene rings is 1. The molecule has 1 heterocycles. The van der Waals surface area contributed by atoms with Gasteiger partial charge in [-0.2, -0.15) is 0 Å². The molecule has 0 aromatic heterocycles. The number of Topliss-reactive ketones (excluding diaryl/α,β-unsaturated/α-hetero) is 1. The van der Waals surface area contributed by atoms with Crippen molar-refractivity contribution in [3.8, 4) is 5.75 Å². The van der Waals surface area contributed by atoms with Gasteiger partial charge in [-0.15, -0.1) is 0 Å². The fraction of sp³-hybridized carbons (Fsp3) is 0.300. The Balaban J connectivity index is 2.57. The Labute approximate surface area is 80.9 Å². The van der Waals surface area contributed by atoms with Crippen LogP contribution in [0.25, 0.3) is 0 Å². The third kappa shape index (κ3) is 1.32. The molecule has 0 spiro atoms. The molecule has 0 unspecified atom stereocenters. The number of hydrogen-bond acceptors (Lipinski definition) is 3. The molecule has 0 fully saturated rings. The normalized spacial score (nSPS) is 14.6. The summed E-state index contributed by atoms with van der Waals surface area (Å²) in [5, 5.41) is 2.86. The number of halogens is 1. The maximum absolute atomic E-state index is 13.4. The zero-order valence-corrected chi connectivity index (χ0v) is 7.76. The van der Waals surface area contributed by atoms with Crippen molar-refractivity contribution in [2.24, 2.45) is 0 Å². The van der Waals surface area contributed by atoms with Crippen molar-refractivity contribution in [2.75, 3.05) is 19.0 Å². The Morgan fingerprint density at radius 3 is 3.00 bits per heavy atom. The van der Waals surface area contributed by atoms with Gasteiger partial charge in [-0.25, -0.2) is 4.39 Å². The maximum atomic E-state index is 13.4. The molecule has 0 atom stereocenters. The average molecular weight is 195 g/mol. The van der Waals surface area contributed by atoms with E-state index in [1.165, 1.54) is 13.2 Å². The monoisotopic (exact) mass is 195 g/mol. The van der Waals surface area contributed by atoms with Gasteiger partial charge in [0.05, 0.1) is 12.8 Å². The molecule has 0 bridgehead atoms. The van der Waals surface area contributed by atoms with Gasteiger partial charge in [-0.3, -0.25) is 4.79 Å². The van der Waals surface area contributed by atoms with Gasteiger partial charge in [0.25, 0.3) is 0 Å². The number of ketones is 1. The van der Waals surface area contributed by atoms with Crippen LogP contribution in [0.2, 0.25) is 0 Å². The van der Waals surface area contributed by atoms with Crippen molar-refractivity contribution in [1.82, 2.24) is 0 Å². The SMILES string of the molecule is COc1cc(F)c2c(c1)C(=O)CCN2. The summed E-state index contributed by atoms with van der Waals surface area (Å²) in [6.45, 7) is 0.495. The van der Waals surface area contributed by atoms with Crippen molar-refractivity contribution >= 4 is 11.5 Å². The van der Waals surface area contributed by atoms with Crippen LogP contribution in [0.4, 0.5) is 10.1 Å². The van der Waals surface area contributed by atoms with Crippen molar-refractivity contribution in [1.29, 1.82) is 0 Å². The second kappa shape index (κ2) is 3.29. The number of anilines is 1. The number of hydrogen-bond donors (Lipinski definition) is 1. The number of nitrogens with one attached hydrogen (secondary N) is 1. The van der Waals surface area contributed by atoms with Gasteiger partial charge in [-0.05, 0) is 6.07 Å². The third-order valence-corrected chi connectivity index (χ3v) is 2.25. The molecule has 0 radical (unpaired) electrons. The minimum absolute atomic E-state index is 0.0449. The largest absolute Gasteiger partial charge is 0.497 e. The van der Waals surface area contributed by atoms with Gasteiger partial charge in [0, 0.05) is 24.6 Å². The molecule has 1 aliphatic rings. The Bertz CT molecular complexity index is 390. The summed E-state index contributed by atoms with van der Waals surface area (Å²) in [5.41, 5.74) is 0.676. The summed E-state index contributed by atoms with van der Waals surface area (Å²) < 4.78 is 18.3. The van der Waals surface area contributed by atoms with Crippen LogP contribution in [0.5, 0.6) is 5.75 Å². The van der Waals surface area contributed by atoms with E-state index in [1.54, 1.807) is 6.07 Å². The summed E-state index contributed by atoms with van der Waals surface area (Å²) in [6, 6.07) is 2.83. The highest BCUT2D eigenvalue weighted by atomic mass is 19.1. The predicted molar refractivity (Wildman–Crippen MR) is 50.4 cm³/mol. The molecule has 74 valence electrons. The Kier molecular flexibility index (Phi) is 2.11. The van der Waals surface area contributed by atoms with E-state index in [-0.39, 0.29) is 5.78 Å². The van der Waals surface area contributed by atoms with Crippen LogP contribution in [0.15, 0.2) is 12.1 Å². The molecule has 3 nitrogen and oxygen atoms in total. The van der Waals surface area contributed by atoms with Gasteiger partial charge >= 0.3 is 0 Å². The molecule has 1 aliphatic heterocycles. The number of ether oxygens (including phenoxy) is 1. The summed E-state index contributed by atoms with van der Waals surface area (Å²) in [5.74, 6) is -0.109. The Hall–Kier alpha value is -1.58. The van der Waals surface area contributed by atoms with Gasteiger partial charge in [0.15, 0.2) is 11.6 Å². The third-order valence-electron chi connectivity index (χ3n) is 2.25. The number of rotatable bonds is 1. The van der Waals surface area contributed by atoms with Crippen LogP contribution in [-0.4, -0.2) is 19.4 Å². The molecular weight excluding hydrogens is 185 g/mol. The van der Waals surface area contributed by atoms with Crippen molar-refractivity contribution in [3.05, 3.63) is 23.5 Å². The van der Waals surface area contributed by atoms with Crippen molar-refractivity contribution < 1.29 is 13.9 Å². The first kappa shape index (κ1) is 8.99. The van der Waals surface area contributed by atoms with Crippen molar-refractivity contribution in [3.63, 3.8) is 0 Å². The Morgan fingerprint density at radius 2 is 2.29 bits per heavy atom. The summed E-state index contributed by atoms with van der Waals surface area (Å²) in [6.07, 6.45) is 0.402. The lowest BCUT2D eigenvalue weighted by molar-refractivity contribution is 0.0983. The summed E-state index contributed by atoms with van der Waals surface area (Å²) >= 11 is 0. The zero-order chi connectivity index (χ0) is 10.1. The number of methoxy groups -OCH3 is 1. The molecule has 0 amide bonds. The first-order valence-corrected chi connectivity index (χ1v) is 4.37. The standard InChI is InChI=1S/C10H10FNO2/c1-14-6-4-7-9(13)2-3-12-10(7)8(11)5-6/h4-5,12H,2-3H2,1H3. The van der Waals surface area contributed by atoms with Crippen LogP contribution < -0.4 is 10.1 Å². The minimum atomic E-state index is -0.438. The summed E-state index contributed by atoms with van der Waals surface area (Å²) in [4.78, 5) is 11.4. The number of carbonyl (C=O) groups is 1. The van der Waals surface area contributed by atoms with Gasteiger partial charge in [0.2, 0.25) is 0 Å². The second-order valence-electron chi connectivity index (χ2n) is 3.13. The van der Waals surface area contributed by atoms with Crippen molar-refractivity contribution in [2.45, 2.75) is 6.42 Å². The van der Waals surface area contributed by atoms with E-state index >= 15 is 0 Å². The van der Waals surface area contributed by atoms with Crippen LogP contribution in [0.1, 0.15) is 16.8 Å². The van der Waals surface area contributed by atoms with Crippen LogP contribution in [-0.2, 0) is 0 Å². The average Bonchev–Trinajstić information content (AvgIpc) is 2.19. The fourth-order valence-corrected chi connectivity index (χ4v) is 1.53. The molecule has 1 aromatic rings. The first-order valence-electron chi connectivity index (χ1n) is 4.37. The number of carbonyl (C=O) groups excluding carboxylic acids is 1. The zero-order valence-electron chi connectivity index (χ0n) is 7.76. The molecular formula is C10H10FNO2. The molecule has 0 saturated carbocycles. The molecule has 1 aromatic carbocycles. The van der Waals surface area contributed by atoms with Crippen LogP contribution in [0.3, 0.4) is 0 Å². The lowest BCUT2D eigenvalue weighted by atomic mass is 10.0. The van der Waals surface area contributed by atoms with E-state index in [4.69, 9.17) is 4.74 Å². The second-order valence-corrected chi connectivity index (χ2v) is 3.13. The van der Waals surface area contributed by atoms with E-state index in [0.29, 0.717) is 30.0 Å². The molecule has 2 rings (SSSR count). The number of fused-ring (bicyclic) bond motifs is 1. The molecule has 4 heteroatoms.